The van der Waals surface area contributed by atoms with Crippen molar-refractivity contribution >= 4 is 15.7 Å². The molecule has 4 aromatic rings. The third-order valence-corrected chi connectivity index (χ3v) is 7.00. The molecule has 0 saturated carbocycles. The zero-order valence-electron chi connectivity index (χ0n) is 20.0. The highest BCUT2D eigenvalue weighted by Crippen LogP contribution is 2.24. The molecule has 0 amide bonds. The molecule has 0 unspecified atom stereocenters. The maximum absolute atomic E-state index is 13.0. The highest BCUT2D eigenvalue weighted by Gasteiger charge is 2.18. The minimum Gasteiger partial charge on any atom is -0.278 e. The summed E-state index contributed by atoms with van der Waals surface area (Å²) in [7, 11) is -3.77. The lowest BCUT2D eigenvalue weighted by Crippen LogP contribution is -2.15. The number of nitrogens with one attached hydrogen (secondary N) is 1. The predicted molar refractivity (Wildman–Crippen MR) is 136 cm³/mol. The molecule has 176 valence electrons. The molecule has 7 nitrogen and oxygen atoms in total. The van der Waals surface area contributed by atoms with E-state index in [1.54, 1.807) is 62.9 Å². The van der Waals surface area contributed by atoms with E-state index in [4.69, 9.17) is 0 Å². The number of anilines is 1. The largest absolute Gasteiger partial charge is 0.278 e. The fraction of sp³-hybridized carbons (Fsp3) is 0.185. The van der Waals surface area contributed by atoms with Gasteiger partial charge in [0.15, 0.2) is 0 Å². The molecule has 35 heavy (non-hydrogen) atoms. The highest BCUT2D eigenvalue weighted by molar-refractivity contribution is 7.92. The van der Waals surface area contributed by atoms with Gasteiger partial charge in [-0.1, -0.05) is 37.0 Å². The first-order valence-corrected chi connectivity index (χ1v) is 12.6. The van der Waals surface area contributed by atoms with Crippen LogP contribution in [0.2, 0.25) is 0 Å². The van der Waals surface area contributed by atoms with Crippen LogP contribution in [0.4, 0.5) is 5.69 Å². The van der Waals surface area contributed by atoms with Crippen molar-refractivity contribution in [2.24, 2.45) is 0 Å². The maximum atomic E-state index is 13.0. The number of aromatic nitrogens is 4. The molecule has 1 aromatic carbocycles. The van der Waals surface area contributed by atoms with Crippen LogP contribution < -0.4 is 4.72 Å². The number of benzene rings is 1. The van der Waals surface area contributed by atoms with Crippen LogP contribution in [-0.4, -0.2) is 28.4 Å². The van der Waals surface area contributed by atoms with E-state index >= 15 is 0 Å². The lowest BCUT2D eigenvalue weighted by molar-refractivity contribution is 0.600. The summed E-state index contributed by atoms with van der Waals surface area (Å²) >= 11 is 0. The van der Waals surface area contributed by atoms with Crippen LogP contribution in [0.15, 0.2) is 66.1 Å². The van der Waals surface area contributed by atoms with Crippen LogP contribution in [0.1, 0.15) is 40.7 Å². The minimum atomic E-state index is -3.77. The molecule has 0 fully saturated rings. The Morgan fingerprint density at radius 3 is 2.49 bits per heavy atom. The standard InChI is InChI=1S/C27H25N5O2S/c1-5-24-23(27(31-17-30-24)22-12-13-28-19(3)14-22)11-10-21-15-25(20(4)29-16-21)32-35(33,34)26-9-7-6-8-18(26)2/h6-9,12-17,32H,5H2,1-4H3. The Morgan fingerprint density at radius 2 is 1.74 bits per heavy atom. The average Bonchev–Trinajstić information content (AvgIpc) is 2.84. The summed E-state index contributed by atoms with van der Waals surface area (Å²) in [5, 5.41) is 0. The lowest BCUT2D eigenvalue weighted by Gasteiger charge is -2.12. The number of rotatable bonds is 5. The summed E-state index contributed by atoms with van der Waals surface area (Å²) in [5.41, 5.74) is 6.25. The molecule has 0 bridgehead atoms. The summed E-state index contributed by atoms with van der Waals surface area (Å²) in [4.78, 5) is 17.7. The van der Waals surface area contributed by atoms with Gasteiger partial charge >= 0.3 is 0 Å². The predicted octanol–water partition coefficient (Wildman–Crippen LogP) is 4.62. The molecule has 0 radical (unpaired) electrons. The molecule has 0 spiro atoms. The van der Waals surface area contributed by atoms with E-state index < -0.39 is 10.0 Å². The zero-order chi connectivity index (χ0) is 25.0. The van der Waals surface area contributed by atoms with Crippen molar-refractivity contribution in [2.45, 2.75) is 39.0 Å². The molecule has 3 heterocycles. The first kappa shape index (κ1) is 24.0. The molecule has 8 heteroatoms. The van der Waals surface area contributed by atoms with E-state index in [0.717, 1.165) is 28.2 Å². The smallest absolute Gasteiger partial charge is 0.262 e. The first-order chi connectivity index (χ1) is 16.8. The van der Waals surface area contributed by atoms with E-state index in [-0.39, 0.29) is 4.90 Å². The van der Waals surface area contributed by atoms with Crippen molar-refractivity contribution in [3.63, 3.8) is 0 Å². The quantitative estimate of drug-likeness (QED) is 0.416. The summed E-state index contributed by atoms with van der Waals surface area (Å²) in [6.45, 7) is 7.45. The van der Waals surface area contributed by atoms with Gasteiger partial charge in [-0.2, -0.15) is 0 Å². The number of sulfonamides is 1. The normalized spacial score (nSPS) is 11.0. The van der Waals surface area contributed by atoms with Crippen molar-refractivity contribution in [3.05, 3.63) is 95.0 Å². The van der Waals surface area contributed by atoms with Gasteiger partial charge in [-0.05, 0) is 57.0 Å². The molecule has 1 N–H and O–H groups in total. The van der Waals surface area contributed by atoms with Crippen molar-refractivity contribution in [3.8, 4) is 23.1 Å². The molecule has 3 aromatic heterocycles. The Kier molecular flexibility index (Phi) is 6.90. The molecule has 0 atom stereocenters. The number of hydrogen-bond acceptors (Lipinski definition) is 6. The highest BCUT2D eigenvalue weighted by atomic mass is 32.2. The van der Waals surface area contributed by atoms with E-state index in [1.807, 2.05) is 26.0 Å². The van der Waals surface area contributed by atoms with E-state index in [9.17, 15) is 8.42 Å². The van der Waals surface area contributed by atoms with Gasteiger partial charge < -0.3 is 0 Å². The Bertz CT molecular complexity index is 1570. The molecule has 0 aliphatic carbocycles. The van der Waals surface area contributed by atoms with Crippen LogP contribution in [0.3, 0.4) is 0 Å². The van der Waals surface area contributed by atoms with Crippen LogP contribution in [0.25, 0.3) is 11.3 Å². The van der Waals surface area contributed by atoms with E-state index in [0.29, 0.717) is 28.9 Å². The maximum Gasteiger partial charge on any atom is 0.262 e. The van der Waals surface area contributed by atoms with Gasteiger partial charge in [-0.25, -0.2) is 18.4 Å². The molecular weight excluding hydrogens is 458 g/mol. The summed E-state index contributed by atoms with van der Waals surface area (Å²) in [5.74, 6) is 6.33. The first-order valence-electron chi connectivity index (χ1n) is 11.1. The molecule has 0 aliphatic heterocycles. The van der Waals surface area contributed by atoms with Gasteiger partial charge in [0.1, 0.15) is 6.33 Å². The second-order valence-corrected chi connectivity index (χ2v) is 9.71. The third kappa shape index (κ3) is 5.36. The number of pyridine rings is 2. The van der Waals surface area contributed by atoms with Crippen molar-refractivity contribution in [1.82, 2.24) is 19.9 Å². The van der Waals surface area contributed by atoms with Gasteiger partial charge in [-0.15, -0.1) is 0 Å². The van der Waals surface area contributed by atoms with Gasteiger partial charge in [-0.3, -0.25) is 14.7 Å². The Hall–Kier alpha value is -4.09. The van der Waals surface area contributed by atoms with E-state index in [1.165, 1.54) is 0 Å². The molecule has 4 rings (SSSR count). The average molecular weight is 484 g/mol. The van der Waals surface area contributed by atoms with Crippen molar-refractivity contribution in [2.75, 3.05) is 4.72 Å². The van der Waals surface area contributed by atoms with Crippen LogP contribution in [-0.2, 0) is 16.4 Å². The molecule has 0 saturated heterocycles. The van der Waals surface area contributed by atoms with Crippen molar-refractivity contribution < 1.29 is 8.42 Å². The SMILES string of the molecule is CCc1ncnc(-c2ccnc(C)c2)c1C#Cc1cnc(C)c(NS(=O)(=O)c2ccccc2C)c1. The lowest BCUT2D eigenvalue weighted by atomic mass is 10.0. The number of hydrogen-bond donors (Lipinski definition) is 1. The third-order valence-electron chi connectivity index (χ3n) is 5.48. The Morgan fingerprint density at radius 1 is 0.943 bits per heavy atom. The second-order valence-electron chi connectivity index (χ2n) is 8.06. The van der Waals surface area contributed by atoms with Crippen LogP contribution >= 0.6 is 0 Å². The van der Waals surface area contributed by atoms with Crippen LogP contribution in [0, 0.1) is 32.6 Å². The zero-order valence-corrected chi connectivity index (χ0v) is 20.8. The fourth-order valence-electron chi connectivity index (χ4n) is 3.63. The van der Waals surface area contributed by atoms with Gasteiger partial charge in [0, 0.05) is 29.2 Å². The second kappa shape index (κ2) is 10.0. The Labute approximate surface area is 205 Å². The van der Waals surface area contributed by atoms with E-state index in [2.05, 4.69) is 36.5 Å². The van der Waals surface area contributed by atoms with Gasteiger partial charge in [0.2, 0.25) is 0 Å². The summed E-state index contributed by atoms with van der Waals surface area (Å²) < 4.78 is 28.6. The molecule has 0 aliphatic rings. The van der Waals surface area contributed by atoms with Crippen LogP contribution in [0.5, 0.6) is 0 Å². The van der Waals surface area contributed by atoms with Gasteiger partial charge in [0.25, 0.3) is 10.0 Å². The van der Waals surface area contributed by atoms with Crippen molar-refractivity contribution in [1.29, 1.82) is 0 Å². The fourth-order valence-corrected chi connectivity index (χ4v) is 4.99. The summed E-state index contributed by atoms with van der Waals surface area (Å²) in [6.07, 6.45) is 5.60. The topological polar surface area (TPSA) is 97.7 Å². The molecular formula is C27H25N5O2S. The Balaban J connectivity index is 1.73. The monoisotopic (exact) mass is 483 g/mol. The number of aryl methyl sites for hydroxylation is 4. The number of nitrogens with zero attached hydrogens (tertiary/aromatic N) is 4. The van der Waals surface area contributed by atoms with Gasteiger partial charge in [0.05, 0.1) is 33.2 Å². The summed E-state index contributed by atoms with van der Waals surface area (Å²) in [6, 6.07) is 12.4. The minimum absolute atomic E-state index is 0.224.